The number of benzene rings is 2. The number of nitrogens with one attached hydrogen (secondary N) is 1. The number of rotatable bonds is 8. The number of amides is 1. The molecule has 0 saturated carbocycles. The summed E-state index contributed by atoms with van der Waals surface area (Å²) in [5.74, 6) is 0.625. The van der Waals surface area contributed by atoms with Crippen LogP contribution in [0.1, 0.15) is 22.7 Å². The molecule has 29 heavy (non-hydrogen) atoms. The highest BCUT2D eigenvalue weighted by Crippen LogP contribution is 2.25. The summed E-state index contributed by atoms with van der Waals surface area (Å²) in [6.45, 7) is 4.64. The Hall–Kier alpha value is -2.64. The van der Waals surface area contributed by atoms with E-state index in [2.05, 4.69) is 39.5 Å². The van der Waals surface area contributed by atoms with E-state index in [1.54, 1.807) is 0 Å². The van der Waals surface area contributed by atoms with Gasteiger partial charge in [-0.3, -0.25) is 4.79 Å². The molecule has 1 heterocycles. The maximum Gasteiger partial charge on any atom is 0.277 e. The Kier molecular flexibility index (Phi) is 7.06. The summed E-state index contributed by atoms with van der Waals surface area (Å²) in [5.41, 5.74) is 4.43. The molecule has 0 aliphatic carbocycles. The largest absolute Gasteiger partial charge is 0.411 e. The van der Waals surface area contributed by atoms with Gasteiger partial charge in [-0.05, 0) is 56.8 Å². The molecule has 1 N–H and O–H groups in total. The van der Waals surface area contributed by atoms with E-state index in [0.29, 0.717) is 17.7 Å². The second kappa shape index (κ2) is 9.71. The molecule has 1 aromatic heterocycles. The van der Waals surface area contributed by atoms with Gasteiger partial charge in [0.2, 0.25) is 11.8 Å². The highest BCUT2D eigenvalue weighted by Gasteiger charge is 2.16. The van der Waals surface area contributed by atoms with Gasteiger partial charge in [0.1, 0.15) is 0 Å². The molecule has 0 unspecified atom stereocenters. The number of carbonyl (C=O) groups is 1. The van der Waals surface area contributed by atoms with Crippen LogP contribution in [0.4, 0.5) is 0 Å². The van der Waals surface area contributed by atoms with Crippen molar-refractivity contribution in [2.45, 2.75) is 25.1 Å². The first-order valence-corrected chi connectivity index (χ1v) is 10.4. The van der Waals surface area contributed by atoms with E-state index in [-0.39, 0.29) is 17.7 Å². The summed E-state index contributed by atoms with van der Waals surface area (Å²) in [5, 5.41) is 11.5. The van der Waals surface area contributed by atoms with Crippen molar-refractivity contribution in [2.24, 2.45) is 0 Å². The Morgan fingerprint density at radius 3 is 2.55 bits per heavy atom. The van der Waals surface area contributed by atoms with Crippen LogP contribution in [0.15, 0.2) is 58.2 Å². The highest BCUT2D eigenvalue weighted by atomic mass is 32.2. The Bertz CT molecular complexity index is 956. The third kappa shape index (κ3) is 5.68. The quantitative estimate of drug-likeness (QED) is 0.569. The minimum atomic E-state index is -0.0660. The van der Waals surface area contributed by atoms with Crippen LogP contribution in [-0.4, -0.2) is 47.4 Å². The van der Waals surface area contributed by atoms with Gasteiger partial charge in [0.05, 0.1) is 11.8 Å². The molecule has 1 atom stereocenters. The minimum absolute atomic E-state index is 0.0660. The summed E-state index contributed by atoms with van der Waals surface area (Å²) in [4.78, 5) is 14.4. The molecule has 1 amide bonds. The van der Waals surface area contributed by atoms with Crippen molar-refractivity contribution in [3.63, 3.8) is 0 Å². The van der Waals surface area contributed by atoms with Crippen LogP contribution >= 0.6 is 11.8 Å². The third-order valence-electron chi connectivity index (χ3n) is 4.79. The van der Waals surface area contributed by atoms with Crippen LogP contribution in [0.2, 0.25) is 0 Å². The molecule has 152 valence electrons. The fraction of sp³-hybridized carbons (Fsp3) is 0.318. The van der Waals surface area contributed by atoms with Crippen LogP contribution in [-0.2, 0) is 4.79 Å². The maximum atomic E-state index is 12.3. The molecule has 3 rings (SSSR count). The monoisotopic (exact) mass is 410 g/mol. The molecule has 3 aromatic rings. The van der Waals surface area contributed by atoms with Gasteiger partial charge in [0.15, 0.2) is 0 Å². The predicted molar refractivity (Wildman–Crippen MR) is 116 cm³/mol. The Labute approximate surface area is 175 Å². The second-order valence-corrected chi connectivity index (χ2v) is 8.08. The molecule has 0 bridgehead atoms. The van der Waals surface area contributed by atoms with Gasteiger partial charge in [0, 0.05) is 12.1 Å². The van der Waals surface area contributed by atoms with E-state index in [1.807, 2.05) is 57.4 Å². The Morgan fingerprint density at radius 1 is 1.10 bits per heavy atom. The van der Waals surface area contributed by atoms with Crippen molar-refractivity contribution >= 4 is 17.7 Å². The number of aromatic nitrogens is 2. The van der Waals surface area contributed by atoms with Gasteiger partial charge in [-0.2, -0.15) is 0 Å². The Balaban J connectivity index is 1.53. The smallest absolute Gasteiger partial charge is 0.277 e. The first-order valence-electron chi connectivity index (χ1n) is 9.46. The van der Waals surface area contributed by atoms with E-state index >= 15 is 0 Å². The van der Waals surface area contributed by atoms with Crippen molar-refractivity contribution in [1.82, 2.24) is 20.4 Å². The van der Waals surface area contributed by atoms with Gasteiger partial charge in [-0.15, -0.1) is 10.2 Å². The van der Waals surface area contributed by atoms with E-state index in [9.17, 15) is 4.79 Å². The molecule has 0 radical (unpaired) electrons. The van der Waals surface area contributed by atoms with Crippen molar-refractivity contribution in [2.75, 3.05) is 26.4 Å². The number of nitrogens with zero attached hydrogens (tertiary/aromatic N) is 3. The normalized spacial score (nSPS) is 12.2. The van der Waals surface area contributed by atoms with Gasteiger partial charge < -0.3 is 14.6 Å². The molecule has 0 aliphatic heterocycles. The van der Waals surface area contributed by atoms with Crippen molar-refractivity contribution in [3.05, 3.63) is 65.2 Å². The standard InChI is InChI=1S/C22H26N4O2S/c1-15-10-11-18(12-16(15)2)21-24-25-22(28-21)29-14-20(27)23-13-19(26(3)4)17-8-6-5-7-9-17/h5-12,19H,13-14H2,1-4H3,(H,23,27)/t19-/m0/s1. The van der Waals surface area contributed by atoms with Gasteiger partial charge >= 0.3 is 0 Å². The number of thioether (sulfide) groups is 1. The lowest BCUT2D eigenvalue weighted by Gasteiger charge is -2.25. The first kappa shape index (κ1) is 21.1. The molecule has 6 nitrogen and oxygen atoms in total. The van der Waals surface area contributed by atoms with Crippen LogP contribution in [0.25, 0.3) is 11.5 Å². The van der Waals surface area contributed by atoms with Gasteiger partial charge in [-0.25, -0.2) is 0 Å². The fourth-order valence-corrected chi connectivity index (χ4v) is 3.51. The molecule has 0 spiro atoms. The molecule has 7 heteroatoms. The minimum Gasteiger partial charge on any atom is -0.411 e. The van der Waals surface area contributed by atoms with E-state index < -0.39 is 0 Å². The van der Waals surface area contributed by atoms with Crippen LogP contribution < -0.4 is 5.32 Å². The van der Waals surface area contributed by atoms with E-state index in [4.69, 9.17) is 4.42 Å². The SMILES string of the molecule is Cc1ccc(-c2nnc(SCC(=O)NC[C@@H](c3ccccc3)N(C)C)o2)cc1C. The van der Waals surface area contributed by atoms with Crippen LogP contribution in [0.3, 0.4) is 0 Å². The maximum absolute atomic E-state index is 12.3. The van der Waals surface area contributed by atoms with Gasteiger partial charge in [-0.1, -0.05) is 48.2 Å². The van der Waals surface area contributed by atoms with Crippen LogP contribution in [0, 0.1) is 13.8 Å². The number of hydrogen-bond donors (Lipinski definition) is 1. The molecule has 2 aromatic carbocycles. The van der Waals surface area contributed by atoms with E-state index in [1.165, 1.54) is 28.5 Å². The topological polar surface area (TPSA) is 71.3 Å². The molecule has 0 aliphatic rings. The zero-order valence-corrected chi connectivity index (χ0v) is 18.0. The lowest BCUT2D eigenvalue weighted by atomic mass is 10.1. The highest BCUT2D eigenvalue weighted by molar-refractivity contribution is 7.99. The number of hydrogen-bond acceptors (Lipinski definition) is 6. The predicted octanol–water partition coefficient (Wildman–Crippen LogP) is 3.86. The summed E-state index contributed by atoms with van der Waals surface area (Å²) < 4.78 is 5.70. The fourth-order valence-electron chi connectivity index (χ4n) is 2.92. The third-order valence-corrected chi connectivity index (χ3v) is 5.61. The average Bonchev–Trinajstić information content (AvgIpc) is 3.18. The summed E-state index contributed by atoms with van der Waals surface area (Å²) in [7, 11) is 4.01. The lowest BCUT2D eigenvalue weighted by molar-refractivity contribution is -0.118. The molecular weight excluding hydrogens is 384 g/mol. The Morgan fingerprint density at radius 2 is 1.86 bits per heavy atom. The summed E-state index contributed by atoms with van der Waals surface area (Å²) >= 11 is 1.24. The van der Waals surface area contributed by atoms with Gasteiger partial charge in [0.25, 0.3) is 5.22 Å². The number of likely N-dealkylation sites (N-methyl/N-ethyl adjacent to an activating group) is 1. The molecule has 0 saturated heterocycles. The van der Waals surface area contributed by atoms with E-state index in [0.717, 1.165) is 5.56 Å². The van der Waals surface area contributed by atoms with Crippen molar-refractivity contribution < 1.29 is 9.21 Å². The average molecular weight is 411 g/mol. The lowest BCUT2D eigenvalue weighted by Crippen LogP contribution is -2.35. The van der Waals surface area contributed by atoms with Crippen molar-refractivity contribution in [3.8, 4) is 11.5 Å². The summed E-state index contributed by atoms with van der Waals surface area (Å²) in [6.07, 6.45) is 0. The first-order chi connectivity index (χ1) is 13.9. The molecule has 0 fully saturated rings. The number of aryl methyl sites for hydroxylation is 2. The zero-order chi connectivity index (χ0) is 20.8. The number of carbonyl (C=O) groups excluding carboxylic acids is 1. The van der Waals surface area contributed by atoms with Crippen molar-refractivity contribution in [1.29, 1.82) is 0 Å². The van der Waals surface area contributed by atoms with Crippen LogP contribution in [0.5, 0.6) is 0 Å². The zero-order valence-electron chi connectivity index (χ0n) is 17.2. The summed E-state index contributed by atoms with van der Waals surface area (Å²) in [6, 6.07) is 16.3. The molecular formula is C22H26N4O2S. The second-order valence-electron chi connectivity index (χ2n) is 7.16.